The summed E-state index contributed by atoms with van der Waals surface area (Å²) >= 11 is 0. The Hall–Kier alpha value is -3.03. The molecule has 4 rings (SSSR count). The van der Waals surface area contributed by atoms with E-state index in [0.29, 0.717) is 43.1 Å². The molecule has 0 saturated heterocycles. The third kappa shape index (κ3) is 3.30. The van der Waals surface area contributed by atoms with Crippen LogP contribution in [0.25, 0.3) is 11.3 Å². The molecule has 1 atom stereocenters. The molecule has 0 aliphatic carbocycles. The predicted molar refractivity (Wildman–Crippen MR) is 102 cm³/mol. The molecule has 1 aromatic carbocycles. The summed E-state index contributed by atoms with van der Waals surface area (Å²) in [5.41, 5.74) is 2.90. The third-order valence-corrected chi connectivity index (χ3v) is 5.21. The Morgan fingerprint density at radius 2 is 2.11 bits per heavy atom. The molecule has 0 bridgehead atoms. The van der Waals surface area contributed by atoms with Crippen LogP contribution in [0.2, 0.25) is 0 Å². The average Bonchev–Trinajstić information content (AvgIpc) is 3.23. The second-order valence-electron chi connectivity index (χ2n) is 7.31. The van der Waals surface area contributed by atoms with Crippen LogP contribution < -0.4 is 0 Å². The highest BCUT2D eigenvalue weighted by molar-refractivity contribution is 5.79. The van der Waals surface area contributed by atoms with Gasteiger partial charge in [0.05, 0.1) is 12.5 Å². The Morgan fingerprint density at radius 1 is 1.32 bits per heavy atom. The van der Waals surface area contributed by atoms with E-state index in [0.717, 1.165) is 17.1 Å². The lowest BCUT2D eigenvalue weighted by molar-refractivity contribution is -0.136. The maximum Gasteiger partial charge on any atom is 0.227 e. The Bertz CT molecular complexity index is 1020. The molecule has 8 heteroatoms. The zero-order valence-electron chi connectivity index (χ0n) is 16.2. The molecule has 3 aromatic rings. The van der Waals surface area contributed by atoms with Gasteiger partial charge in [-0.1, -0.05) is 19.1 Å². The molecule has 0 radical (unpaired) electrons. The summed E-state index contributed by atoms with van der Waals surface area (Å²) in [6.07, 6.45) is 0.677. The molecular weight excluding hydrogens is 359 g/mol. The number of carbonyl (C=O) groups excluding carboxylic acids is 1. The largest absolute Gasteiger partial charge is 0.338 e. The molecule has 1 amide bonds. The van der Waals surface area contributed by atoms with Gasteiger partial charge in [-0.3, -0.25) is 9.89 Å². The number of amides is 1. The number of hydrogen-bond acceptors (Lipinski definition) is 4. The number of hydrogen-bond donors (Lipinski definition) is 1. The monoisotopic (exact) mass is 382 g/mol. The van der Waals surface area contributed by atoms with Crippen molar-refractivity contribution in [1.29, 1.82) is 0 Å². The molecule has 1 N–H and O–H groups in total. The molecule has 1 aliphatic rings. The number of aryl methyl sites for hydroxylation is 2. The number of nitrogens with zero attached hydrogens (tertiary/aromatic N) is 5. The van der Waals surface area contributed by atoms with Crippen LogP contribution in [0.3, 0.4) is 0 Å². The first-order valence-corrected chi connectivity index (χ1v) is 9.42. The van der Waals surface area contributed by atoms with Gasteiger partial charge in [0.25, 0.3) is 0 Å². The van der Waals surface area contributed by atoms with Crippen LogP contribution in [-0.2, 0) is 24.3 Å². The number of rotatable bonds is 4. The molecule has 0 fully saturated rings. The van der Waals surface area contributed by atoms with E-state index in [1.807, 2.05) is 25.7 Å². The Morgan fingerprint density at radius 3 is 2.82 bits per heavy atom. The predicted octanol–water partition coefficient (Wildman–Crippen LogP) is 2.65. The lowest BCUT2D eigenvalue weighted by Gasteiger charge is -2.29. The first-order chi connectivity index (χ1) is 13.4. The third-order valence-electron chi connectivity index (χ3n) is 5.21. The zero-order valence-corrected chi connectivity index (χ0v) is 16.2. The molecule has 1 aliphatic heterocycles. The van der Waals surface area contributed by atoms with E-state index >= 15 is 0 Å². The normalized spacial score (nSPS) is 14.8. The number of nitrogens with one attached hydrogen (secondary N) is 1. The standard InChI is InChI=1S/C20H23FN6O/c1-12(10-27-14(3)22-13(2)25-27)20(28)26-9-8-18-16(11-26)19(24-23-18)15-6-4-5-7-17(15)21/h4-7,12H,8-11H2,1-3H3,(H,23,24)/t12-/m0/s1. The van der Waals surface area contributed by atoms with E-state index in [2.05, 4.69) is 20.3 Å². The van der Waals surface area contributed by atoms with Crippen molar-refractivity contribution < 1.29 is 9.18 Å². The Labute approximate surface area is 162 Å². The smallest absolute Gasteiger partial charge is 0.227 e. The Balaban J connectivity index is 1.53. The van der Waals surface area contributed by atoms with Crippen molar-refractivity contribution in [2.24, 2.45) is 5.92 Å². The summed E-state index contributed by atoms with van der Waals surface area (Å²) < 4.78 is 16.0. The maximum absolute atomic E-state index is 14.2. The lowest BCUT2D eigenvalue weighted by atomic mass is 9.99. The van der Waals surface area contributed by atoms with Crippen molar-refractivity contribution in [3.8, 4) is 11.3 Å². The molecule has 3 heterocycles. The topological polar surface area (TPSA) is 79.7 Å². The van der Waals surface area contributed by atoms with Gasteiger partial charge in [-0.05, 0) is 26.0 Å². The van der Waals surface area contributed by atoms with Crippen LogP contribution in [0.15, 0.2) is 24.3 Å². The van der Waals surface area contributed by atoms with Crippen molar-refractivity contribution in [3.63, 3.8) is 0 Å². The van der Waals surface area contributed by atoms with Crippen molar-refractivity contribution in [1.82, 2.24) is 29.9 Å². The van der Waals surface area contributed by atoms with Crippen LogP contribution in [0, 0.1) is 25.6 Å². The van der Waals surface area contributed by atoms with E-state index in [9.17, 15) is 9.18 Å². The van der Waals surface area contributed by atoms with Crippen molar-refractivity contribution in [2.75, 3.05) is 6.54 Å². The minimum Gasteiger partial charge on any atom is -0.338 e. The number of H-pyrrole nitrogens is 1. The van der Waals surface area contributed by atoms with E-state index in [4.69, 9.17) is 0 Å². The second-order valence-corrected chi connectivity index (χ2v) is 7.31. The number of halogens is 1. The van der Waals surface area contributed by atoms with Gasteiger partial charge in [0, 0.05) is 36.3 Å². The highest BCUT2D eigenvalue weighted by Crippen LogP contribution is 2.30. The Kier molecular flexibility index (Phi) is 4.70. The number of fused-ring (bicyclic) bond motifs is 1. The number of aromatic amines is 1. The first kappa shape index (κ1) is 18.3. The van der Waals surface area contributed by atoms with Crippen LogP contribution in [-0.4, -0.2) is 42.3 Å². The van der Waals surface area contributed by atoms with Crippen molar-refractivity contribution in [2.45, 2.75) is 40.3 Å². The van der Waals surface area contributed by atoms with Gasteiger partial charge in [0.1, 0.15) is 23.2 Å². The maximum atomic E-state index is 14.2. The van der Waals surface area contributed by atoms with Gasteiger partial charge in [-0.2, -0.15) is 10.2 Å². The quantitative estimate of drug-likeness (QED) is 0.752. The van der Waals surface area contributed by atoms with Crippen LogP contribution in [0.4, 0.5) is 4.39 Å². The zero-order chi connectivity index (χ0) is 19.8. The second kappa shape index (κ2) is 7.18. The fourth-order valence-electron chi connectivity index (χ4n) is 3.74. The molecule has 2 aromatic heterocycles. The van der Waals surface area contributed by atoms with Crippen molar-refractivity contribution in [3.05, 3.63) is 53.0 Å². The van der Waals surface area contributed by atoms with E-state index in [-0.39, 0.29) is 17.6 Å². The summed E-state index contributed by atoms with van der Waals surface area (Å²) in [5.74, 6) is 1.01. The molecular formula is C20H23FN6O. The van der Waals surface area contributed by atoms with Crippen LogP contribution >= 0.6 is 0 Å². The molecule has 0 spiro atoms. The number of benzene rings is 1. The minimum absolute atomic E-state index is 0.0545. The molecule has 28 heavy (non-hydrogen) atoms. The van der Waals surface area contributed by atoms with Crippen LogP contribution in [0.5, 0.6) is 0 Å². The number of aromatic nitrogens is 5. The average molecular weight is 382 g/mol. The van der Waals surface area contributed by atoms with Crippen molar-refractivity contribution >= 4 is 5.91 Å². The lowest BCUT2D eigenvalue weighted by Crippen LogP contribution is -2.40. The highest BCUT2D eigenvalue weighted by Gasteiger charge is 2.29. The summed E-state index contributed by atoms with van der Waals surface area (Å²) in [6.45, 7) is 7.15. The van der Waals surface area contributed by atoms with Gasteiger partial charge in [-0.25, -0.2) is 14.1 Å². The minimum atomic E-state index is -0.314. The van der Waals surface area contributed by atoms with Gasteiger partial charge in [0.15, 0.2) is 0 Å². The van der Waals surface area contributed by atoms with Crippen LogP contribution in [0.1, 0.15) is 29.8 Å². The number of carbonyl (C=O) groups is 1. The highest BCUT2D eigenvalue weighted by atomic mass is 19.1. The molecule has 0 saturated carbocycles. The fraction of sp³-hybridized carbons (Fsp3) is 0.400. The van der Waals surface area contributed by atoms with Gasteiger partial charge in [-0.15, -0.1) is 0 Å². The van der Waals surface area contributed by atoms with Gasteiger partial charge >= 0.3 is 0 Å². The summed E-state index contributed by atoms with van der Waals surface area (Å²) in [6, 6.07) is 6.58. The molecule has 146 valence electrons. The van der Waals surface area contributed by atoms with Gasteiger partial charge < -0.3 is 4.90 Å². The summed E-state index contributed by atoms with van der Waals surface area (Å²) in [4.78, 5) is 19.1. The van der Waals surface area contributed by atoms with E-state index in [1.54, 1.807) is 22.9 Å². The molecule has 7 nitrogen and oxygen atoms in total. The SMILES string of the molecule is Cc1nc(C)n(C[C@H](C)C(=O)N2CCc3[nH]nc(-c4ccccc4F)c3C2)n1. The molecule has 0 unspecified atom stereocenters. The van der Waals surface area contributed by atoms with Gasteiger partial charge in [0.2, 0.25) is 5.91 Å². The summed E-state index contributed by atoms with van der Waals surface area (Å²) in [5, 5.41) is 11.7. The van der Waals surface area contributed by atoms with E-state index in [1.165, 1.54) is 6.07 Å². The summed E-state index contributed by atoms with van der Waals surface area (Å²) in [7, 11) is 0. The fourth-order valence-corrected chi connectivity index (χ4v) is 3.74. The van der Waals surface area contributed by atoms with E-state index < -0.39 is 0 Å². The first-order valence-electron chi connectivity index (χ1n) is 9.42.